The molecule has 1 fully saturated rings. The molecule has 0 radical (unpaired) electrons. The maximum Gasteiger partial charge on any atom is 0.254 e. The number of amides is 1. The molecule has 1 amide bonds. The summed E-state index contributed by atoms with van der Waals surface area (Å²) in [4.78, 5) is 34.4. The molecule has 7 heteroatoms. The Morgan fingerprint density at radius 3 is 2.52 bits per heavy atom. The van der Waals surface area contributed by atoms with E-state index < -0.39 is 0 Å². The van der Waals surface area contributed by atoms with Gasteiger partial charge in [0.2, 0.25) is 5.78 Å². The molecule has 0 aliphatic carbocycles. The van der Waals surface area contributed by atoms with Gasteiger partial charge in [0.25, 0.3) is 5.91 Å². The molecule has 0 bridgehead atoms. The molecular formula is C22H19N3O2S2. The Morgan fingerprint density at radius 2 is 1.79 bits per heavy atom. The highest BCUT2D eigenvalue weighted by molar-refractivity contribution is 7.12. The topological polar surface area (TPSA) is 56.4 Å². The third-order valence-electron chi connectivity index (χ3n) is 5.36. The minimum absolute atomic E-state index is 0.0135. The second-order valence-corrected chi connectivity index (χ2v) is 8.73. The molecule has 1 saturated heterocycles. The molecule has 1 N–H and O–H groups in total. The van der Waals surface area contributed by atoms with Crippen molar-refractivity contribution in [3.63, 3.8) is 0 Å². The van der Waals surface area contributed by atoms with E-state index in [4.69, 9.17) is 0 Å². The van der Waals surface area contributed by atoms with Crippen LogP contribution in [0.5, 0.6) is 0 Å². The fourth-order valence-electron chi connectivity index (χ4n) is 3.86. The molecule has 1 aliphatic rings. The minimum Gasteiger partial charge on any atom is -0.367 e. The third-order valence-corrected chi connectivity index (χ3v) is 6.90. The first-order valence-electron chi connectivity index (χ1n) is 9.47. The van der Waals surface area contributed by atoms with Gasteiger partial charge < -0.3 is 14.8 Å². The van der Waals surface area contributed by atoms with Crippen molar-refractivity contribution in [2.75, 3.05) is 31.1 Å². The number of benzene rings is 1. The number of rotatable bonds is 4. The lowest BCUT2D eigenvalue weighted by Crippen LogP contribution is -2.48. The summed E-state index contributed by atoms with van der Waals surface area (Å²) in [6.07, 6.45) is 1.72. The van der Waals surface area contributed by atoms with Crippen molar-refractivity contribution in [1.82, 2.24) is 9.88 Å². The largest absolute Gasteiger partial charge is 0.367 e. The van der Waals surface area contributed by atoms with Gasteiger partial charge in [-0.25, -0.2) is 0 Å². The smallest absolute Gasteiger partial charge is 0.254 e. The van der Waals surface area contributed by atoms with Gasteiger partial charge in [-0.2, -0.15) is 11.3 Å². The van der Waals surface area contributed by atoms with E-state index in [1.54, 1.807) is 17.5 Å². The van der Waals surface area contributed by atoms with Gasteiger partial charge in [-0.1, -0.05) is 12.1 Å². The summed E-state index contributed by atoms with van der Waals surface area (Å²) in [6, 6.07) is 11.4. The first-order chi connectivity index (χ1) is 14.2. The molecule has 0 spiro atoms. The molecule has 5 nitrogen and oxygen atoms in total. The minimum atomic E-state index is -0.0474. The number of carbonyl (C=O) groups is 2. The molecule has 1 aromatic carbocycles. The number of aromatic nitrogens is 1. The van der Waals surface area contributed by atoms with Crippen molar-refractivity contribution in [3.05, 3.63) is 74.7 Å². The van der Waals surface area contributed by atoms with Gasteiger partial charge in [0.1, 0.15) is 0 Å². The van der Waals surface area contributed by atoms with Crippen LogP contribution in [0.1, 0.15) is 25.6 Å². The monoisotopic (exact) mass is 421 g/mol. The van der Waals surface area contributed by atoms with Gasteiger partial charge in [-0.05, 0) is 35.0 Å². The Kier molecular flexibility index (Phi) is 4.69. The molecule has 29 heavy (non-hydrogen) atoms. The van der Waals surface area contributed by atoms with E-state index >= 15 is 0 Å². The van der Waals surface area contributed by atoms with Gasteiger partial charge >= 0.3 is 0 Å². The highest BCUT2D eigenvalue weighted by Crippen LogP contribution is 2.28. The fourth-order valence-corrected chi connectivity index (χ4v) is 5.20. The van der Waals surface area contributed by atoms with Crippen LogP contribution in [0.15, 0.2) is 58.7 Å². The lowest BCUT2D eigenvalue weighted by atomic mass is 10.0. The fraction of sp³-hybridized carbons (Fsp3) is 0.182. The number of hydrogen-bond donors (Lipinski definition) is 1. The lowest BCUT2D eigenvalue weighted by molar-refractivity contribution is 0.0749. The average Bonchev–Trinajstić information content (AvgIpc) is 3.54. The van der Waals surface area contributed by atoms with E-state index in [0.717, 1.165) is 24.0 Å². The molecule has 4 heterocycles. The molecule has 0 atom stereocenters. The van der Waals surface area contributed by atoms with E-state index in [2.05, 4.69) is 26.7 Å². The zero-order valence-corrected chi connectivity index (χ0v) is 17.3. The van der Waals surface area contributed by atoms with Crippen LogP contribution in [0.2, 0.25) is 0 Å². The van der Waals surface area contributed by atoms with E-state index in [1.807, 2.05) is 40.6 Å². The maximum absolute atomic E-state index is 13.4. The normalized spacial score (nSPS) is 14.5. The molecule has 3 aromatic heterocycles. The summed E-state index contributed by atoms with van der Waals surface area (Å²) in [7, 11) is 0. The number of hydrogen-bond acceptors (Lipinski definition) is 5. The van der Waals surface area contributed by atoms with Crippen molar-refractivity contribution >= 4 is 51.0 Å². The molecule has 5 rings (SSSR count). The van der Waals surface area contributed by atoms with E-state index in [1.165, 1.54) is 17.0 Å². The van der Waals surface area contributed by atoms with Gasteiger partial charge in [0.05, 0.1) is 4.88 Å². The molecule has 0 unspecified atom stereocenters. The number of ketones is 1. The van der Waals surface area contributed by atoms with Crippen LogP contribution >= 0.6 is 22.7 Å². The summed E-state index contributed by atoms with van der Waals surface area (Å²) in [5, 5.41) is 6.82. The predicted molar refractivity (Wildman–Crippen MR) is 118 cm³/mol. The number of nitrogens with zero attached hydrogens (tertiary/aromatic N) is 2. The van der Waals surface area contributed by atoms with Crippen molar-refractivity contribution < 1.29 is 9.59 Å². The van der Waals surface area contributed by atoms with E-state index in [-0.39, 0.29) is 11.7 Å². The molecule has 4 aromatic rings. The maximum atomic E-state index is 13.4. The number of thiophene rings is 2. The van der Waals surface area contributed by atoms with Crippen molar-refractivity contribution in [2.24, 2.45) is 0 Å². The average molecular weight is 422 g/mol. The Balaban J connectivity index is 1.44. The predicted octanol–water partition coefficient (Wildman–Crippen LogP) is 4.48. The Bertz CT molecular complexity index is 1150. The van der Waals surface area contributed by atoms with Crippen LogP contribution in [0.4, 0.5) is 5.69 Å². The van der Waals surface area contributed by atoms with Crippen molar-refractivity contribution in [3.8, 4) is 0 Å². The number of fused-ring (bicyclic) bond motifs is 1. The van der Waals surface area contributed by atoms with Crippen LogP contribution in [-0.4, -0.2) is 47.8 Å². The standard InChI is InChI=1S/C22H19N3O2S2/c26-21(19-5-2-11-29-19)17-13-23-18-4-1-3-16(20(17)18)22(27)25-9-7-24(8-10-25)15-6-12-28-14-15/h1-6,11-14,23H,7-10H2. The second-order valence-electron chi connectivity index (χ2n) is 7.00. The summed E-state index contributed by atoms with van der Waals surface area (Å²) < 4.78 is 0. The van der Waals surface area contributed by atoms with Crippen molar-refractivity contribution in [1.29, 1.82) is 0 Å². The number of piperazine rings is 1. The van der Waals surface area contributed by atoms with Crippen LogP contribution < -0.4 is 4.90 Å². The third kappa shape index (κ3) is 3.26. The van der Waals surface area contributed by atoms with Crippen LogP contribution in [0.25, 0.3) is 10.9 Å². The Morgan fingerprint density at radius 1 is 0.931 bits per heavy atom. The van der Waals surface area contributed by atoms with Crippen LogP contribution in [0, 0.1) is 0 Å². The SMILES string of the molecule is O=C(c1cccs1)c1c[nH]c2cccc(C(=O)N3CCN(c4ccsc4)CC3)c12. The second kappa shape index (κ2) is 7.50. The number of carbonyl (C=O) groups excluding carboxylic acids is 2. The summed E-state index contributed by atoms with van der Waals surface area (Å²) in [5.41, 5.74) is 3.18. The molecule has 0 saturated carbocycles. The highest BCUT2D eigenvalue weighted by atomic mass is 32.1. The number of aromatic amines is 1. The molecule has 1 aliphatic heterocycles. The van der Waals surface area contributed by atoms with Crippen LogP contribution in [-0.2, 0) is 0 Å². The number of anilines is 1. The summed E-state index contributed by atoms with van der Waals surface area (Å²) in [6.45, 7) is 2.96. The number of H-pyrrole nitrogens is 1. The van der Waals surface area contributed by atoms with Gasteiger partial charge in [-0.15, -0.1) is 11.3 Å². The van der Waals surface area contributed by atoms with Crippen molar-refractivity contribution in [2.45, 2.75) is 0 Å². The van der Waals surface area contributed by atoms with Gasteiger partial charge in [0.15, 0.2) is 0 Å². The lowest BCUT2D eigenvalue weighted by Gasteiger charge is -2.35. The molecule has 146 valence electrons. The first-order valence-corrected chi connectivity index (χ1v) is 11.3. The van der Waals surface area contributed by atoms with Gasteiger partial charge in [-0.3, -0.25) is 9.59 Å². The summed E-state index contributed by atoms with van der Waals surface area (Å²) >= 11 is 3.10. The Labute approximate surface area is 176 Å². The molecular weight excluding hydrogens is 402 g/mol. The van der Waals surface area contributed by atoms with Gasteiger partial charge in [0, 0.05) is 65.5 Å². The number of nitrogens with one attached hydrogen (secondary N) is 1. The first kappa shape index (κ1) is 18.1. The summed E-state index contributed by atoms with van der Waals surface area (Å²) in [5.74, 6) is -0.0609. The quantitative estimate of drug-likeness (QED) is 0.494. The highest BCUT2D eigenvalue weighted by Gasteiger charge is 2.26. The van der Waals surface area contributed by atoms with Crippen LogP contribution in [0.3, 0.4) is 0 Å². The Hall–Kier alpha value is -2.90. The zero-order valence-electron chi connectivity index (χ0n) is 15.6. The zero-order chi connectivity index (χ0) is 19.8. The van der Waals surface area contributed by atoms with E-state index in [9.17, 15) is 9.59 Å². The van der Waals surface area contributed by atoms with E-state index in [0.29, 0.717) is 29.1 Å².